The zero-order valence-corrected chi connectivity index (χ0v) is 17.5. The van der Waals surface area contributed by atoms with Crippen molar-refractivity contribution in [1.82, 2.24) is 19.7 Å². The van der Waals surface area contributed by atoms with Crippen LogP contribution in [0.15, 0.2) is 48.0 Å². The van der Waals surface area contributed by atoms with Gasteiger partial charge in [-0.15, -0.1) is 11.3 Å². The number of thiophene rings is 1. The molecule has 0 atom stereocenters. The summed E-state index contributed by atoms with van der Waals surface area (Å²) in [5.41, 5.74) is 2.13. The van der Waals surface area contributed by atoms with Gasteiger partial charge in [0.25, 0.3) is 5.91 Å². The van der Waals surface area contributed by atoms with Crippen LogP contribution < -0.4 is 0 Å². The Morgan fingerprint density at radius 2 is 2.14 bits per heavy atom. The van der Waals surface area contributed by atoms with E-state index in [2.05, 4.69) is 5.10 Å². The fourth-order valence-corrected chi connectivity index (χ4v) is 4.11. The molecule has 0 fully saturated rings. The van der Waals surface area contributed by atoms with Crippen LogP contribution in [-0.4, -0.2) is 32.6 Å². The van der Waals surface area contributed by atoms with Gasteiger partial charge in [-0.3, -0.25) is 4.79 Å². The van der Waals surface area contributed by atoms with Gasteiger partial charge in [0.1, 0.15) is 5.82 Å². The Morgan fingerprint density at radius 3 is 2.83 bits per heavy atom. The summed E-state index contributed by atoms with van der Waals surface area (Å²) in [5.74, 6) is -0.680. The molecular weight excluding hydrogens is 411 g/mol. The maximum Gasteiger partial charge on any atom is 0.254 e. The van der Waals surface area contributed by atoms with Crippen LogP contribution in [0.1, 0.15) is 22.8 Å². The zero-order chi connectivity index (χ0) is 20.5. The number of rotatable bonds is 5. The van der Waals surface area contributed by atoms with Gasteiger partial charge in [-0.05, 0) is 36.6 Å². The van der Waals surface area contributed by atoms with Gasteiger partial charge in [-0.1, -0.05) is 23.7 Å². The van der Waals surface area contributed by atoms with Crippen LogP contribution in [0.4, 0.5) is 4.39 Å². The first-order valence-corrected chi connectivity index (χ1v) is 10.3. The molecule has 3 heterocycles. The van der Waals surface area contributed by atoms with Crippen LogP contribution in [0, 0.1) is 5.82 Å². The number of aryl methyl sites for hydroxylation is 1. The molecule has 5 nitrogen and oxygen atoms in total. The van der Waals surface area contributed by atoms with Crippen molar-refractivity contribution in [2.75, 3.05) is 7.05 Å². The van der Waals surface area contributed by atoms with Crippen molar-refractivity contribution in [1.29, 1.82) is 0 Å². The van der Waals surface area contributed by atoms with Crippen LogP contribution in [0.5, 0.6) is 0 Å². The number of hydrogen-bond donors (Lipinski definition) is 0. The second-order valence-corrected chi connectivity index (χ2v) is 7.95. The molecule has 148 valence electrons. The van der Waals surface area contributed by atoms with Crippen molar-refractivity contribution in [2.45, 2.75) is 20.0 Å². The Labute approximate surface area is 176 Å². The SMILES string of the molecule is CCn1ncc2c(C(=O)N(C)Cc3c(F)cccc3Cl)cc(-c3cccs3)nc21. The predicted octanol–water partition coefficient (Wildman–Crippen LogP) is 5.24. The zero-order valence-electron chi connectivity index (χ0n) is 15.9. The summed E-state index contributed by atoms with van der Waals surface area (Å²) in [4.78, 5) is 20.4. The number of benzene rings is 1. The summed E-state index contributed by atoms with van der Waals surface area (Å²) in [5, 5.41) is 7.29. The Kier molecular flexibility index (Phi) is 5.34. The second-order valence-electron chi connectivity index (χ2n) is 6.59. The smallest absolute Gasteiger partial charge is 0.254 e. The molecule has 0 saturated carbocycles. The third kappa shape index (κ3) is 3.63. The van der Waals surface area contributed by atoms with E-state index in [1.807, 2.05) is 24.4 Å². The van der Waals surface area contributed by atoms with Crippen molar-refractivity contribution in [3.05, 3.63) is 69.9 Å². The first kappa shape index (κ1) is 19.5. The van der Waals surface area contributed by atoms with Gasteiger partial charge in [-0.2, -0.15) is 5.10 Å². The highest BCUT2D eigenvalue weighted by molar-refractivity contribution is 7.13. The highest BCUT2D eigenvalue weighted by Gasteiger charge is 2.21. The lowest BCUT2D eigenvalue weighted by atomic mass is 10.1. The first-order chi connectivity index (χ1) is 14.0. The van der Waals surface area contributed by atoms with E-state index in [4.69, 9.17) is 16.6 Å². The maximum atomic E-state index is 14.2. The summed E-state index contributed by atoms with van der Waals surface area (Å²) in [6.45, 7) is 2.67. The number of carbonyl (C=O) groups is 1. The molecule has 0 unspecified atom stereocenters. The van der Waals surface area contributed by atoms with Crippen LogP contribution in [0.2, 0.25) is 5.02 Å². The molecule has 4 rings (SSSR count). The molecule has 0 aliphatic rings. The number of carbonyl (C=O) groups excluding carboxylic acids is 1. The number of aromatic nitrogens is 3. The van der Waals surface area contributed by atoms with Gasteiger partial charge < -0.3 is 4.90 Å². The third-order valence-corrected chi connectivity index (χ3v) is 5.96. The van der Waals surface area contributed by atoms with Gasteiger partial charge in [0, 0.05) is 30.7 Å². The Bertz CT molecular complexity index is 1170. The summed E-state index contributed by atoms with van der Waals surface area (Å²) < 4.78 is 15.9. The lowest BCUT2D eigenvalue weighted by molar-refractivity contribution is 0.0786. The molecule has 8 heteroatoms. The predicted molar refractivity (Wildman–Crippen MR) is 114 cm³/mol. The Hall–Kier alpha value is -2.77. The Balaban J connectivity index is 1.77. The van der Waals surface area contributed by atoms with Crippen molar-refractivity contribution in [3.63, 3.8) is 0 Å². The largest absolute Gasteiger partial charge is 0.337 e. The average molecular weight is 429 g/mol. The van der Waals surface area contributed by atoms with Crippen molar-refractivity contribution in [2.24, 2.45) is 0 Å². The number of pyridine rings is 1. The number of nitrogens with zero attached hydrogens (tertiary/aromatic N) is 4. The lowest BCUT2D eigenvalue weighted by Crippen LogP contribution is -2.27. The van der Waals surface area contributed by atoms with E-state index in [1.165, 1.54) is 11.0 Å². The van der Waals surface area contributed by atoms with E-state index in [0.717, 1.165) is 4.88 Å². The highest BCUT2D eigenvalue weighted by Crippen LogP contribution is 2.29. The minimum absolute atomic E-state index is 0.0599. The molecule has 1 aromatic carbocycles. The van der Waals surface area contributed by atoms with Gasteiger partial charge in [-0.25, -0.2) is 14.1 Å². The monoisotopic (exact) mass is 428 g/mol. The van der Waals surface area contributed by atoms with Crippen LogP contribution in [0.25, 0.3) is 21.6 Å². The molecule has 0 radical (unpaired) electrons. The minimum atomic E-state index is -0.435. The van der Waals surface area contributed by atoms with Crippen LogP contribution >= 0.6 is 22.9 Å². The number of amides is 1. The van der Waals surface area contributed by atoms with E-state index < -0.39 is 5.82 Å². The van der Waals surface area contributed by atoms with Gasteiger partial charge in [0.15, 0.2) is 5.65 Å². The van der Waals surface area contributed by atoms with E-state index in [9.17, 15) is 9.18 Å². The van der Waals surface area contributed by atoms with E-state index in [1.54, 1.807) is 47.5 Å². The maximum absolute atomic E-state index is 14.2. The van der Waals surface area contributed by atoms with E-state index in [-0.39, 0.29) is 18.0 Å². The standard InChI is InChI=1S/C21H18ClFN4OS/c1-3-27-20-14(11-24-27)13(10-18(25-20)19-8-5-9-29-19)21(28)26(2)12-15-16(22)6-4-7-17(15)23/h4-11H,3,12H2,1-2H3. The lowest BCUT2D eigenvalue weighted by Gasteiger charge is -2.19. The van der Waals surface area contributed by atoms with Crippen molar-refractivity contribution >= 4 is 39.9 Å². The van der Waals surface area contributed by atoms with Gasteiger partial charge in [0.2, 0.25) is 0 Å². The normalized spacial score (nSPS) is 11.2. The summed E-state index contributed by atoms with van der Waals surface area (Å²) >= 11 is 7.69. The summed E-state index contributed by atoms with van der Waals surface area (Å²) in [6.07, 6.45) is 1.65. The quantitative estimate of drug-likeness (QED) is 0.436. The number of hydrogen-bond acceptors (Lipinski definition) is 4. The van der Waals surface area contributed by atoms with Crippen LogP contribution in [-0.2, 0) is 13.1 Å². The molecular formula is C21H18ClFN4OS. The molecule has 0 bridgehead atoms. The average Bonchev–Trinajstić information content (AvgIpc) is 3.39. The first-order valence-electron chi connectivity index (χ1n) is 9.08. The van der Waals surface area contributed by atoms with E-state index in [0.29, 0.717) is 33.9 Å². The molecule has 29 heavy (non-hydrogen) atoms. The van der Waals surface area contributed by atoms with Gasteiger partial charge in [0.05, 0.1) is 27.7 Å². The Morgan fingerprint density at radius 1 is 1.31 bits per heavy atom. The fraction of sp³-hybridized carbons (Fsp3) is 0.190. The molecule has 0 saturated heterocycles. The topological polar surface area (TPSA) is 51.0 Å². The third-order valence-electron chi connectivity index (χ3n) is 4.72. The molecule has 3 aromatic heterocycles. The second kappa shape index (κ2) is 7.93. The minimum Gasteiger partial charge on any atom is -0.337 e. The van der Waals surface area contributed by atoms with Gasteiger partial charge >= 0.3 is 0 Å². The molecule has 0 spiro atoms. The molecule has 4 aromatic rings. The highest BCUT2D eigenvalue weighted by atomic mass is 35.5. The molecule has 0 aliphatic carbocycles. The summed E-state index contributed by atoms with van der Waals surface area (Å²) in [6, 6.07) is 10.2. The number of halogens is 2. The number of fused-ring (bicyclic) bond motifs is 1. The molecule has 0 aliphatic heterocycles. The van der Waals surface area contributed by atoms with Crippen LogP contribution in [0.3, 0.4) is 0 Å². The fourth-order valence-electron chi connectivity index (χ4n) is 3.20. The molecule has 0 N–H and O–H groups in total. The summed E-state index contributed by atoms with van der Waals surface area (Å²) in [7, 11) is 1.63. The molecule has 1 amide bonds. The van der Waals surface area contributed by atoms with Crippen molar-refractivity contribution < 1.29 is 9.18 Å². The van der Waals surface area contributed by atoms with E-state index >= 15 is 0 Å². The van der Waals surface area contributed by atoms with Crippen molar-refractivity contribution in [3.8, 4) is 10.6 Å².